The van der Waals surface area contributed by atoms with Crippen LogP contribution < -0.4 is 10.6 Å². The Bertz CT molecular complexity index is 880. The molecule has 1 aromatic heterocycles. The molecule has 0 saturated heterocycles. The molecule has 0 spiro atoms. The third-order valence-electron chi connectivity index (χ3n) is 4.66. The molecule has 0 amide bonds. The normalized spacial score (nSPS) is 12.1. The lowest BCUT2D eigenvalue weighted by Gasteiger charge is -2.18. The fraction of sp³-hybridized carbons (Fsp3) is 0.348. The Morgan fingerprint density at radius 3 is 2.57 bits per heavy atom. The van der Waals surface area contributed by atoms with Gasteiger partial charge in [-0.25, -0.2) is 14.7 Å². The van der Waals surface area contributed by atoms with Crippen LogP contribution in [0.3, 0.4) is 0 Å². The Balaban J connectivity index is 0.00000320. The highest BCUT2D eigenvalue weighted by molar-refractivity contribution is 14.0. The van der Waals surface area contributed by atoms with Crippen molar-refractivity contribution in [2.75, 3.05) is 6.54 Å². The van der Waals surface area contributed by atoms with Crippen LogP contribution in [0.25, 0.3) is 0 Å². The number of guanidine groups is 1. The molecule has 0 aliphatic heterocycles. The number of rotatable bonds is 9. The van der Waals surface area contributed by atoms with Crippen LogP contribution >= 0.6 is 24.0 Å². The number of hydrogen-bond donors (Lipinski definition) is 2. The summed E-state index contributed by atoms with van der Waals surface area (Å²) in [4.78, 5) is 8.77. The lowest BCUT2D eigenvalue weighted by molar-refractivity contribution is 0.593. The van der Waals surface area contributed by atoms with Gasteiger partial charge in [-0.05, 0) is 43.4 Å². The Labute approximate surface area is 196 Å². The summed E-state index contributed by atoms with van der Waals surface area (Å²) in [6.07, 6.45) is 5.40. The monoisotopic (exact) mass is 518 g/mol. The average Bonchev–Trinajstić information content (AvgIpc) is 3.25. The van der Waals surface area contributed by atoms with E-state index in [4.69, 9.17) is 4.99 Å². The van der Waals surface area contributed by atoms with Crippen molar-refractivity contribution in [1.82, 2.24) is 25.4 Å². The zero-order chi connectivity index (χ0) is 20.3. The fourth-order valence-corrected chi connectivity index (χ4v) is 3.15. The predicted octanol–water partition coefficient (Wildman–Crippen LogP) is 4.02. The maximum absolute atomic E-state index is 4.78. The summed E-state index contributed by atoms with van der Waals surface area (Å²) in [5.41, 5.74) is 3.74. The first-order valence-corrected chi connectivity index (χ1v) is 10.2. The van der Waals surface area contributed by atoms with Crippen LogP contribution in [0.15, 0.2) is 72.2 Å². The molecule has 0 radical (unpaired) electrons. The van der Waals surface area contributed by atoms with E-state index in [9.17, 15) is 0 Å². The third-order valence-corrected chi connectivity index (χ3v) is 4.66. The summed E-state index contributed by atoms with van der Waals surface area (Å²) in [6, 6.07) is 19.4. The molecule has 2 aromatic carbocycles. The second kappa shape index (κ2) is 13.0. The quantitative estimate of drug-likeness (QED) is 0.255. The zero-order valence-electron chi connectivity index (χ0n) is 17.7. The van der Waals surface area contributed by atoms with Gasteiger partial charge in [-0.15, -0.1) is 24.0 Å². The Morgan fingerprint density at radius 2 is 1.83 bits per heavy atom. The minimum absolute atomic E-state index is 0. The molecule has 1 heterocycles. The first-order chi connectivity index (χ1) is 14.2. The minimum atomic E-state index is 0. The van der Waals surface area contributed by atoms with E-state index in [1.165, 1.54) is 16.7 Å². The Kier molecular flexibility index (Phi) is 10.3. The molecular formula is C23H31IN6. The van der Waals surface area contributed by atoms with Crippen molar-refractivity contribution in [1.29, 1.82) is 0 Å². The zero-order valence-corrected chi connectivity index (χ0v) is 20.0. The van der Waals surface area contributed by atoms with E-state index >= 15 is 0 Å². The molecular weight excluding hydrogens is 487 g/mol. The van der Waals surface area contributed by atoms with Gasteiger partial charge in [0, 0.05) is 12.6 Å². The molecule has 1 unspecified atom stereocenters. The molecule has 3 rings (SSSR count). The van der Waals surface area contributed by atoms with Gasteiger partial charge < -0.3 is 10.6 Å². The molecule has 0 aliphatic rings. The fourth-order valence-electron chi connectivity index (χ4n) is 3.15. The topological polar surface area (TPSA) is 67.1 Å². The highest BCUT2D eigenvalue weighted by Gasteiger charge is 2.06. The first-order valence-electron chi connectivity index (χ1n) is 10.2. The van der Waals surface area contributed by atoms with Gasteiger partial charge in [0.15, 0.2) is 5.96 Å². The van der Waals surface area contributed by atoms with Crippen molar-refractivity contribution in [2.45, 2.75) is 45.8 Å². The van der Waals surface area contributed by atoms with Crippen LogP contribution in [0.2, 0.25) is 0 Å². The standard InChI is InChI=1S/C23H30N6.HI/c1-3-25-23(28-19(2)12-13-20-8-5-4-6-9-20)26-15-21-10-7-11-22(14-21)16-29-18-24-17-27-29;/h4-11,14,17-19H,3,12-13,15-16H2,1-2H3,(H2,25,26,28);1H. The number of halogens is 1. The highest BCUT2D eigenvalue weighted by atomic mass is 127. The lowest BCUT2D eigenvalue weighted by atomic mass is 10.1. The van der Waals surface area contributed by atoms with Gasteiger partial charge >= 0.3 is 0 Å². The van der Waals surface area contributed by atoms with Crippen LogP contribution in [0.5, 0.6) is 0 Å². The molecule has 0 bridgehead atoms. The summed E-state index contributed by atoms with van der Waals surface area (Å²) in [5.74, 6) is 0.856. The van der Waals surface area contributed by atoms with Gasteiger partial charge in [0.05, 0.1) is 13.1 Å². The minimum Gasteiger partial charge on any atom is -0.357 e. The first kappa shape index (κ1) is 23.9. The van der Waals surface area contributed by atoms with Crippen molar-refractivity contribution in [2.24, 2.45) is 4.99 Å². The number of hydrogen-bond acceptors (Lipinski definition) is 3. The van der Waals surface area contributed by atoms with E-state index in [2.05, 4.69) is 89.2 Å². The van der Waals surface area contributed by atoms with E-state index in [1.54, 1.807) is 12.7 Å². The lowest BCUT2D eigenvalue weighted by Crippen LogP contribution is -2.42. The molecule has 160 valence electrons. The number of benzene rings is 2. The van der Waals surface area contributed by atoms with E-state index in [-0.39, 0.29) is 24.0 Å². The number of aliphatic imine (C=N–C) groups is 1. The molecule has 3 aromatic rings. The Hall–Kier alpha value is -2.42. The van der Waals surface area contributed by atoms with Crippen molar-refractivity contribution >= 4 is 29.9 Å². The molecule has 0 aliphatic carbocycles. The SMILES string of the molecule is CCNC(=NCc1cccc(Cn2cncn2)c1)NC(C)CCc1ccccc1.I. The summed E-state index contributed by atoms with van der Waals surface area (Å²) in [6.45, 7) is 6.47. The summed E-state index contributed by atoms with van der Waals surface area (Å²) in [5, 5.41) is 11.0. The Morgan fingerprint density at radius 1 is 1.07 bits per heavy atom. The molecule has 30 heavy (non-hydrogen) atoms. The van der Waals surface area contributed by atoms with Gasteiger partial charge in [0.1, 0.15) is 12.7 Å². The number of nitrogens with one attached hydrogen (secondary N) is 2. The molecule has 0 fully saturated rings. The van der Waals surface area contributed by atoms with E-state index in [0.717, 1.165) is 25.3 Å². The van der Waals surface area contributed by atoms with Gasteiger partial charge in [0.25, 0.3) is 0 Å². The van der Waals surface area contributed by atoms with Crippen molar-refractivity contribution < 1.29 is 0 Å². The van der Waals surface area contributed by atoms with E-state index < -0.39 is 0 Å². The van der Waals surface area contributed by atoms with Crippen molar-refractivity contribution in [3.05, 3.63) is 83.9 Å². The number of aryl methyl sites for hydroxylation is 1. The van der Waals surface area contributed by atoms with Crippen molar-refractivity contribution in [3.63, 3.8) is 0 Å². The van der Waals surface area contributed by atoms with Crippen LogP contribution in [-0.4, -0.2) is 33.3 Å². The van der Waals surface area contributed by atoms with Gasteiger partial charge in [-0.2, -0.15) is 5.10 Å². The smallest absolute Gasteiger partial charge is 0.191 e. The summed E-state index contributed by atoms with van der Waals surface area (Å²) in [7, 11) is 0. The van der Waals surface area contributed by atoms with Crippen LogP contribution in [0, 0.1) is 0 Å². The molecule has 2 N–H and O–H groups in total. The molecule has 1 atom stereocenters. The second-order valence-electron chi connectivity index (χ2n) is 7.18. The summed E-state index contributed by atoms with van der Waals surface area (Å²) >= 11 is 0. The summed E-state index contributed by atoms with van der Waals surface area (Å²) < 4.78 is 1.82. The number of aromatic nitrogens is 3. The maximum Gasteiger partial charge on any atom is 0.191 e. The van der Waals surface area contributed by atoms with E-state index in [0.29, 0.717) is 19.1 Å². The van der Waals surface area contributed by atoms with Gasteiger partial charge in [-0.3, -0.25) is 0 Å². The average molecular weight is 518 g/mol. The van der Waals surface area contributed by atoms with Crippen LogP contribution in [-0.2, 0) is 19.5 Å². The molecule has 7 heteroatoms. The van der Waals surface area contributed by atoms with Crippen LogP contribution in [0.1, 0.15) is 37.0 Å². The molecule has 6 nitrogen and oxygen atoms in total. The number of nitrogens with zero attached hydrogens (tertiary/aromatic N) is 4. The van der Waals surface area contributed by atoms with Crippen molar-refractivity contribution in [3.8, 4) is 0 Å². The predicted molar refractivity (Wildman–Crippen MR) is 133 cm³/mol. The van der Waals surface area contributed by atoms with Crippen LogP contribution in [0.4, 0.5) is 0 Å². The third kappa shape index (κ3) is 8.14. The maximum atomic E-state index is 4.78. The highest BCUT2D eigenvalue weighted by Crippen LogP contribution is 2.08. The van der Waals surface area contributed by atoms with Gasteiger partial charge in [-0.1, -0.05) is 54.6 Å². The van der Waals surface area contributed by atoms with Gasteiger partial charge in [0.2, 0.25) is 0 Å². The van der Waals surface area contributed by atoms with E-state index in [1.807, 2.05) is 4.68 Å². The largest absolute Gasteiger partial charge is 0.357 e. The molecule has 0 saturated carbocycles. The second-order valence-corrected chi connectivity index (χ2v) is 7.18.